The first-order valence-corrected chi connectivity index (χ1v) is 10.9. The van der Waals surface area contributed by atoms with Gasteiger partial charge in [-0.15, -0.1) is 0 Å². The summed E-state index contributed by atoms with van der Waals surface area (Å²) in [6, 6.07) is 0. The number of carbonyl (C=O) groups is 2. The van der Waals surface area contributed by atoms with Gasteiger partial charge in [0.1, 0.15) is 0 Å². The van der Waals surface area contributed by atoms with E-state index in [0.717, 1.165) is 0 Å². The number of aliphatic hydroxyl groups is 4. The van der Waals surface area contributed by atoms with Gasteiger partial charge in [-0.1, -0.05) is 0 Å². The second kappa shape index (κ2) is 11.2. The van der Waals surface area contributed by atoms with Crippen LogP contribution in [0.25, 0.3) is 0 Å². The second-order valence-corrected chi connectivity index (χ2v) is 8.90. The fourth-order valence-corrected chi connectivity index (χ4v) is 7.24. The number of aliphatic hydroxyl groups excluding tert-OH is 4. The van der Waals surface area contributed by atoms with Gasteiger partial charge < -0.3 is 36.4 Å². The average Bonchev–Trinajstić information content (AvgIpc) is 2.58. The number of rotatable bonds is 9. The van der Waals surface area contributed by atoms with Crippen LogP contribution in [0.5, 0.6) is 0 Å². The third-order valence-electron chi connectivity index (χ3n) is 3.55. The van der Waals surface area contributed by atoms with E-state index in [4.69, 9.17) is 15.9 Å². The van der Waals surface area contributed by atoms with Gasteiger partial charge >= 0.3 is 0 Å². The van der Waals surface area contributed by atoms with E-state index in [0.29, 0.717) is 16.4 Å². The maximum atomic E-state index is 12.7. The van der Waals surface area contributed by atoms with Crippen molar-refractivity contribution in [1.29, 1.82) is 0 Å². The fourth-order valence-electron chi connectivity index (χ4n) is 2.23. The maximum absolute atomic E-state index is 12.7. The molecule has 2 amide bonds. The Bertz CT molecular complexity index is 719. The van der Waals surface area contributed by atoms with E-state index in [1.165, 1.54) is 0 Å². The van der Waals surface area contributed by atoms with Gasteiger partial charge in [0.15, 0.2) is 0 Å². The average molecular weight is 719 g/mol. The summed E-state index contributed by atoms with van der Waals surface area (Å²) in [7, 11) is 1.66. The third kappa shape index (κ3) is 6.23. The zero-order valence-electron chi connectivity index (χ0n) is 14.2. The Morgan fingerprint density at radius 1 is 1.04 bits per heavy atom. The van der Waals surface area contributed by atoms with Crippen molar-refractivity contribution in [1.82, 2.24) is 5.32 Å². The van der Waals surface area contributed by atoms with E-state index >= 15 is 0 Å². The molecule has 1 aromatic rings. The normalized spacial score (nSPS) is 13.2. The van der Waals surface area contributed by atoms with Crippen LogP contribution in [0.3, 0.4) is 0 Å². The number of primary amides is 1. The highest BCUT2D eigenvalue weighted by Gasteiger charge is 2.29. The summed E-state index contributed by atoms with van der Waals surface area (Å²) in [6.45, 7) is -1.02. The number of halogens is 3. The molecule has 27 heavy (non-hydrogen) atoms. The summed E-state index contributed by atoms with van der Waals surface area (Å²) >= 11 is 5.80. The molecule has 0 spiro atoms. The van der Waals surface area contributed by atoms with Crippen LogP contribution in [-0.2, 0) is 0 Å². The number of anilines is 1. The number of amides is 2. The van der Waals surface area contributed by atoms with Crippen LogP contribution in [-0.4, -0.2) is 77.8 Å². The first kappa shape index (κ1) is 25.0. The number of benzene rings is 1. The van der Waals surface area contributed by atoms with Gasteiger partial charge in [-0.3, -0.25) is 9.59 Å². The Labute approximate surface area is 197 Å². The molecule has 0 aliphatic heterocycles. The maximum Gasteiger partial charge on any atom is 0.253 e. The molecular formula is C15H20I3N3O6. The molecule has 0 aliphatic carbocycles. The summed E-state index contributed by atoms with van der Waals surface area (Å²) in [6.07, 6.45) is -2.11. The molecule has 0 radical (unpaired) electrons. The molecule has 0 aromatic heterocycles. The molecule has 2 atom stereocenters. The van der Waals surface area contributed by atoms with Gasteiger partial charge in [-0.25, -0.2) is 0 Å². The van der Waals surface area contributed by atoms with E-state index in [9.17, 15) is 19.8 Å². The first-order valence-electron chi connectivity index (χ1n) is 7.64. The molecule has 0 bridgehead atoms. The Hall–Kier alpha value is -0.0100. The minimum Gasteiger partial charge on any atom is -0.394 e. The predicted molar refractivity (Wildman–Crippen MR) is 125 cm³/mol. The highest BCUT2D eigenvalue weighted by molar-refractivity contribution is 14.1. The van der Waals surface area contributed by atoms with Crippen LogP contribution in [0.15, 0.2) is 0 Å². The Balaban J connectivity index is 3.50. The molecule has 12 heteroatoms. The van der Waals surface area contributed by atoms with Crippen LogP contribution in [0.2, 0.25) is 0 Å². The third-order valence-corrected chi connectivity index (χ3v) is 6.73. The van der Waals surface area contributed by atoms with Crippen LogP contribution >= 0.6 is 67.8 Å². The van der Waals surface area contributed by atoms with Crippen molar-refractivity contribution in [3.05, 3.63) is 21.8 Å². The van der Waals surface area contributed by atoms with Gasteiger partial charge in [0, 0.05) is 23.7 Å². The van der Waals surface area contributed by atoms with E-state index in [2.05, 4.69) is 5.32 Å². The lowest BCUT2D eigenvalue weighted by Gasteiger charge is -2.27. The topological polar surface area (TPSA) is 156 Å². The van der Waals surface area contributed by atoms with E-state index in [1.807, 2.05) is 67.8 Å². The minimum absolute atomic E-state index is 0.0750. The number of carbonyl (C=O) groups excluding carboxylic acids is 2. The summed E-state index contributed by atoms with van der Waals surface area (Å²) in [5, 5.41) is 39.7. The lowest BCUT2D eigenvalue weighted by molar-refractivity contribution is 0.0801. The molecule has 0 saturated carbocycles. The van der Waals surface area contributed by atoms with Crippen molar-refractivity contribution >= 4 is 85.3 Å². The second-order valence-electron chi connectivity index (χ2n) is 5.67. The van der Waals surface area contributed by atoms with Crippen LogP contribution in [0.4, 0.5) is 5.69 Å². The van der Waals surface area contributed by atoms with Crippen molar-refractivity contribution < 1.29 is 30.0 Å². The van der Waals surface area contributed by atoms with Crippen LogP contribution < -0.4 is 16.0 Å². The summed E-state index contributed by atoms with van der Waals surface area (Å²) in [5.41, 5.74) is 6.41. The van der Waals surface area contributed by atoms with Crippen molar-refractivity contribution in [3.8, 4) is 0 Å². The quantitative estimate of drug-likeness (QED) is 0.188. The molecule has 0 heterocycles. The van der Waals surface area contributed by atoms with Gasteiger partial charge in [-0.2, -0.15) is 0 Å². The lowest BCUT2D eigenvalue weighted by atomic mass is 10.1. The zero-order chi connectivity index (χ0) is 20.9. The van der Waals surface area contributed by atoms with Gasteiger partial charge in [-0.05, 0) is 67.8 Å². The predicted octanol–water partition coefficient (Wildman–Crippen LogP) is -0.528. The highest BCUT2D eigenvalue weighted by atomic mass is 127. The largest absolute Gasteiger partial charge is 0.394 e. The number of hydrogen-bond donors (Lipinski definition) is 6. The molecule has 9 nitrogen and oxygen atoms in total. The van der Waals surface area contributed by atoms with Crippen LogP contribution in [0.1, 0.15) is 20.7 Å². The smallest absolute Gasteiger partial charge is 0.253 e. The standard InChI is InChI=1S/C15H20I3N3O6/c1-21(3-7(25)5-23)13-11(17)8(14(19)26)10(16)9(12(13)18)15(27)20-2-6(24)4-22/h6-7,22-25H,2-5H2,1H3,(H2,19,26)(H,20,27). The molecule has 0 saturated heterocycles. The lowest BCUT2D eigenvalue weighted by Crippen LogP contribution is -2.37. The molecule has 0 aliphatic rings. The van der Waals surface area contributed by atoms with Gasteiger partial charge in [0.25, 0.3) is 11.8 Å². The van der Waals surface area contributed by atoms with Crippen molar-refractivity contribution in [2.24, 2.45) is 5.73 Å². The number of nitrogens with zero attached hydrogens (tertiary/aromatic N) is 1. The molecule has 1 aromatic carbocycles. The van der Waals surface area contributed by atoms with E-state index in [-0.39, 0.29) is 24.2 Å². The fraction of sp³-hybridized carbons (Fsp3) is 0.467. The van der Waals surface area contributed by atoms with Crippen molar-refractivity contribution in [2.45, 2.75) is 12.2 Å². The van der Waals surface area contributed by atoms with Crippen molar-refractivity contribution in [2.75, 3.05) is 38.3 Å². The number of likely N-dealkylation sites (N-methyl/N-ethyl adjacent to an activating group) is 1. The number of hydrogen-bond acceptors (Lipinski definition) is 7. The Morgan fingerprint density at radius 3 is 2.04 bits per heavy atom. The summed E-state index contributed by atoms with van der Waals surface area (Å²) in [5.74, 6) is -1.24. The molecule has 1 rings (SSSR count). The zero-order valence-corrected chi connectivity index (χ0v) is 20.7. The molecule has 152 valence electrons. The molecule has 2 unspecified atom stereocenters. The van der Waals surface area contributed by atoms with Gasteiger partial charge in [0.2, 0.25) is 0 Å². The van der Waals surface area contributed by atoms with Crippen LogP contribution in [0, 0.1) is 10.7 Å². The summed E-state index contributed by atoms with van der Waals surface area (Å²) < 4.78 is 1.41. The Kier molecular flexibility index (Phi) is 10.4. The van der Waals surface area contributed by atoms with E-state index in [1.54, 1.807) is 11.9 Å². The molecule has 0 fully saturated rings. The van der Waals surface area contributed by atoms with Crippen molar-refractivity contribution in [3.63, 3.8) is 0 Å². The number of nitrogens with one attached hydrogen (secondary N) is 1. The number of nitrogens with two attached hydrogens (primary N) is 1. The highest BCUT2D eigenvalue weighted by Crippen LogP contribution is 2.37. The first-order chi connectivity index (χ1) is 12.6. The SMILES string of the molecule is CN(CC(O)CO)c1c(I)c(C(N)=O)c(I)c(C(=O)NCC(O)CO)c1I. The van der Waals surface area contributed by atoms with Gasteiger partial charge in [0.05, 0.1) is 49.4 Å². The van der Waals surface area contributed by atoms with E-state index < -0.39 is 37.2 Å². The Morgan fingerprint density at radius 2 is 1.56 bits per heavy atom. The monoisotopic (exact) mass is 719 g/mol. The molecular weight excluding hydrogens is 699 g/mol. The molecule has 7 N–H and O–H groups in total. The summed E-state index contributed by atoms with van der Waals surface area (Å²) in [4.78, 5) is 26.3. The minimum atomic E-state index is -1.11.